The number of amides is 1. The molecule has 104 valence electrons. The number of piperazine rings is 1. The van der Waals surface area contributed by atoms with Crippen LogP contribution in [-0.2, 0) is 4.79 Å². The number of hydrogen-bond donors (Lipinski definition) is 1. The van der Waals surface area contributed by atoms with Crippen molar-refractivity contribution in [2.24, 2.45) is 0 Å². The van der Waals surface area contributed by atoms with E-state index < -0.39 is 6.10 Å². The van der Waals surface area contributed by atoms with Crippen LogP contribution in [0.1, 0.15) is 22.8 Å². The minimum Gasteiger partial charge on any atom is -0.387 e. The first-order valence-electron chi connectivity index (χ1n) is 6.77. The van der Waals surface area contributed by atoms with Crippen LogP contribution in [0, 0.1) is 13.8 Å². The van der Waals surface area contributed by atoms with Gasteiger partial charge in [-0.05, 0) is 25.0 Å². The highest BCUT2D eigenvalue weighted by Gasteiger charge is 2.19. The number of nitrogens with zero attached hydrogens (tertiary/aromatic N) is 2. The van der Waals surface area contributed by atoms with Crippen molar-refractivity contribution in [1.82, 2.24) is 9.80 Å². The lowest BCUT2D eigenvalue weighted by atomic mass is 10.0. The Hall–Kier alpha value is -1.39. The van der Waals surface area contributed by atoms with Gasteiger partial charge in [-0.3, -0.25) is 9.69 Å². The van der Waals surface area contributed by atoms with E-state index in [0.29, 0.717) is 6.54 Å². The van der Waals surface area contributed by atoms with Crippen molar-refractivity contribution in [3.8, 4) is 0 Å². The van der Waals surface area contributed by atoms with Gasteiger partial charge in [-0.15, -0.1) is 0 Å². The molecule has 0 bridgehead atoms. The van der Waals surface area contributed by atoms with Crippen LogP contribution < -0.4 is 0 Å². The summed E-state index contributed by atoms with van der Waals surface area (Å²) in [5.41, 5.74) is 3.36. The Labute approximate surface area is 114 Å². The van der Waals surface area contributed by atoms with E-state index >= 15 is 0 Å². The predicted molar refractivity (Wildman–Crippen MR) is 75.0 cm³/mol. The van der Waals surface area contributed by atoms with Gasteiger partial charge in [-0.2, -0.15) is 0 Å². The molecule has 1 N–H and O–H groups in total. The van der Waals surface area contributed by atoms with E-state index in [1.807, 2.05) is 19.1 Å². The van der Waals surface area contributed by atoms with Crippen LogP contribution in [0.15, 0.2) is 18.2 Å². The summed E-state index contributed by atoms with van der Waals surface area (Å²) in [6.07, 6.45) is 0.445. The normalized spacial score (nSPS) is 18.4. The molecule has 1 heterocycles. The van der Waals surface area contributed by atoms with Gasteiger partial charge < -0.3 is 10.0 Å². The molecular formula is C15H22N2O2. The third-order valence-corrected chi connectivity index (χ3v) is 3.77. The summed E-state index contributed by atoms with van der Waals surface area (Å²) in [5, 5.41) is 10.3. The Morgan fingerprint density at radius 3 is 2.53 bits per heavy atom. The summed E-state index contributed by atoms with van der Waals surface area (Å²) >= 11 is 0. The Kier molecular flexibility index (Phi) is 4.56. The fraction of sp³-hybridized carbons (Fsp3) is 0.533. The Morgan fingerprint density at radius 2 is 1.95 bits per heavy atom. The van der Waals surface area contributed by atoms with Crippen molar-refractivity contribution in [1.29, 1.82) is 0 Å². The van der Waals surface area contributed by atoms with Crippen molar-refractivity contribution in [3.05, 3.63) is 34.9 Å². The van der Waals surface area contributed by atoms with E-state index in [1.54, 1.807) is 4.90 Å². The molecule has 0 radical (unpaired) electrons. The van der Waals surface area contributed by atoms with E-state index in [-0.39, 0.29) is 0 Å². The summed E-state index contributed by atoms with van der Waals surface area (Å²) in [6, 6.07) is 6.15. The minimum atomic E-state index is -0.455. The van der Waals surface area contributed by atoms with Gasteiger partial charge >= 0.3 is 0 Å². The number of carbonyl (C=O) groups is 1. The first-order valence-corrected chi connectivity index (χ1v) is 6.77. The summed E-state index contributed by atoms with van der Waals surface area (Å²) in [5.74, 6) is 0. The number of carbonyl (C=O) groups excluding carboxylic acids is 1. The SMILES string of the molecule is Cc1ccc(C(O)CN2CCN(C=O)CC2)c(C)c1. The van der Waals surface area contributed by atoms with Crippen molar-refractivity contribution >= 4 is 6.41 Å². The van der Waals surface area contributed by atoms with Crippen molar-refractivity contribution in [3.63, 3.8) is 0 Å². The van der Waals surface area contributed by atoms with Crippen LogP contribution in [0.2, 0.25) is 0 Å². The van der Waals surface area contributed by atoms with Crippen molar-refractivity contribution in [2.75, 3.05) is 32.7 Å². The first kappa shape index (κ1) is 14.0. The lowest BCUT2D eigenvalue weighted by Crippen LogP contribution is -2.46. The third kappa shape index (κ3) is 3.55. The van der Waals surface area contributed by atoms with Gasteiger partial charge in [0.15, 0.2) is 0 Å². The molecule has 4 heteroatoms. The second kappa shape index (κ2) is 6.17. The maximum atomic E-state index is 10.6. The van der Waals surface area contributed by atoms with Crippen LogP contribution in [-0.4, -0.2) is 54.0 Å². The van der Waals surface area contributed by atoms with E-state index in [4.69, 9.17) is 0 Å². The van der Waals surface area contributed by atoms with Gasteiger partial charge in [-0.1, -0.05) is 23.8 Å². The van der Waals surface area contributed by atoms with E-state index in [2.05, 4.69) is 17.9 Å². The van der Waals surface area contributed by atoms with E-state index in [1.165, 1.54) is 5.56 Å². The van der Waals surface area contributed by atoms with E-state index in [0.717, 1.165) is 43.7 Å². The zero-order valence-corrected chi connectivity index (χ0v) is 11.7. The summed E-state index contributed by atoms with van der Waals surface area (Å²) < 4.78 is 0. The quantitative estimate of drug-likeness (QED) is 0.827. The Morgan fingerprint density at radius 1 is 1.26 bits per heavy atom. The van der Waals surface area contributed by atoms with Crippen LogP contribution in [0.25, 0.3) is 0 Å². The topological polar surface area (TPSA) is 43.8 Å². The first-order chi connectivity index (χ1) is 9.10. The highest BCUT2D eigenvalue weighted by atomic mass is 16.3. The molecule has 2 rings (SSSR count). The summed E-state index contributed by atoms with van der Waals surface area (Å²) in [4.78, 5) is 14.6. The zero-order chi connectivity index (χ0) is 13.8. The average Bonchev–Trinajstić information content (AvgIpc) is 2.39. The molecule has 1 amide bonds. The van der Waals surface area contributed by atoms with Crippen LogP contribution in [0.4, 0.5) is 0 Å². The smallest absolute Gasteiger partial charge is 0.209 e. The van der Waals surface area contributed by atoms with E-state index in [9.17, 15) is 9.90 Å². The van der Waals surface area contributed by atoms with Crippen LogP contribution in [0.3, 0.4) is 0 Å². The number of benzene rings is 1. The van der Waals surface area contributed by atoms with Crippen LogP contribution in [0.5, 0.6) is 0 Å². The number of rotatable bonds is 4. The van der Waals surface area contributed by atoms with Gasteiger partial charge in [0.2, 0.25) is 6.41 Å². The standard InChI is InChI=1S/C15H22N2O2/c1-12-3-4-14(13(2)9-12)15(19)10-16-5-7-17(11-18)8-6-16/h3-4,9,11,15,19H,5-8,10H2,1-2H3. The van der Waals surface area contributed by atoms with Gasteiger partial charge in [-0.25, -0.2) is 0 Å². The molecule has 1 saturated heterocycles. The fourth-order valence-corrected chi connectivity index (χ4v) is 2.59. The Bertz CT molecular complexity index is 440. The third-order valence-electron chi connectivity index (χ3n) is 3.77. The highest BCUT2D eigenvalue weighted by Crippen LogP contribution is 2.20. The molecule has 1 aromatic carbocycles. The second-order valence-corrected chi connectivity index (χ2v) is 5.32. The highest BCUT2D eigenvalue weighted by molar-refractivity contribution is 5.47. The fourth-order valence-electron chi connectivity index (χ4n) is 2.59. The van der Waals surface area contributed by atoms with Gasteiger partial charge in [0, 0.05) is 32.7 Å². The van der Waals surface area contributed by atoms with Gasteiger partial charge in [0.25, 0.3) is 0 Å². The minimum absolute atomic E-state index is 0.455. The largest absolute Gasteiger partial charge is 0.387 e. The molecule has 1 unspecified atom stereocenters. The van der Waals surface area contributed by atoms with Crippen molar-refractivity contribution < 1.29 is 9.90 Å². The molecular weight excluding hydrogens is 240 g/mol. The molecule has 1 aliphatic heterocycles. The van der Waals surface area contributed by atoms with Gasteiger partial charge in [0.05, 0.1) is 6.10 Å². The molecule has 19 heavy (non-hydrogen) atoms. The maximum Gasteiger partial charge on any atom is 0.209 e. The molecule has 0 aromatic heterocycles. The molecule has 4 nitrogen and oxygen atoms in total. The maximum absolute atomic E-state index is 10.6. The van der Waals surface area contributed by atoms with Crippen LogP contribution >= 0.6 is 0 Å². The molecule has 1 aliphatic rings. The molecule has 0 spiro atoms. The average molecular weight is 262 g/mol. The lowest BCUT2D eigenvalue weighted by molar-refractivity contribution is -0.119. The molecule has 0 saturated carbocycles. The zero-order valence-electron chi connectivity index (χ0n) is 11.7. The summed E-state index contributed by atoms with van der Waals surface area (Å²) in [7, 11) is 0. The number of β-amino-alcohol motifs (C(OH)–C–C–N with tert-alkyl or cyclic N) is 1. The molecule has 0 aliphatic carbocycles. The predicted octanol–water partition coefficient (Wildman–Crippen LogP) is 1.11. The molecule has 1 fully saturated rings. The molecule has 1 aromatic rings. The number of aryl methyl sites for hydroxylation is 2. The number of aliphatic hydroxyl groups excluding tert-OH is 1. The molecule has 1 atom stereocenters. The van der Waals surface area contributed by atoms with Crippen molar-refractivity contribution in [2.45, 2.75) is 20.0 Å². The Balaban J connectivity index is 1.94. The summed E-state index contributed by atoms with van der Waals surface area (Å²) in [6.45, 7) is 7.90. The monoisotopic (exact) mass is 262 g/mol. The number of aliphatic hydroxyl groups is 1. The lowest BCUT2D eigenvalue weighted by Gasteiger charge is -2.33. The second-order valence-electron chi connectivity index (χ2n) is 5.32. The number of hydrogen-bond acceptors (Lipinski definition) is 3. The van der Waals surface area contributed by atoms with Gasteiger partial charge in [0.1, 0.15) is 0 Å².